The van der Waals surface area contributed by atoms with Crippen LogP contribution in [0.3, 0.4) is 0 Å². The summed E-state index contributed by atoms with van der Waals surface area (Å²) in [5.41, 5.74) is 0.650. The van der Waals surface area contributed by atoms with Gasteiger partial charge in [-0.3, -0.25) is 4.79 Å². The Hall–Kier alpha value is -1.79. The van der Waals surface area contributed by atoms with Crippen LogP contribution in [0.4, 0.5) is 6.01 Å². The van der Waals surface area contributed by atoms with Gasteiger partial charge in [0, 0.05) is 28.7 Å². The minimum absolute atomic E-state index is 0.310. The van der Waals surface area contributed by atoms with E-state index in [0.29, 0.717) is 47.0 Å². The summed E-state index contributed by atoms with van der Waals surface area (Å²) in [4.78, 5) is 17.0. The van der Waals surface area contributed by atoms with E-state index in [2.05, 4.69) is 10.1 Å². The van der Waals surface area contributed by atoms with Gasteiger partial charge in [-0.15, -0.1) is 0 Å². The number of carboxylic acid groups (broad SMARTS) is 1. The van der Waals surface area contributed by atoms with E-state index >= 15 is 0 Å². The maximum absolute atomic E-state index is 11.0. The zero-order valence-corrected chi connectivity index (χ0v) is 12.3. The van der Waals surface area contributed by atoms with Gasteiger partial charge in [0.05, 0.1) is 5.92 Å². The van der Waals surface area contributed by atoms with Gasteiger partial charge in [0.15, 0.2) is 0 Å². The molecule has 110 valence electrons. The van der Waals surface area contributed by atoms with E-state index < -0.39 is 11.9 Å². The Morgan fingerprint density at radius 1 is 1.33 bits per heavy atom. The third kappa shape index (κ3) is 2.96. The molecule has 2 aromatic rings. The first-order valence-corrected chi connectivity index (χ1v) is 7.06. The quantitative estimate of drug-likeness (QED) is 0.933. The van der Waals surface area contributed by atoms with Gasteiger partial charge in [-0.05, 0) is 24.6 Å². The Morgan fingerprint density at radius 3 is 2.67 bits per heavy atom. The largest absolute Gasteiger partial charge is 0.481 e. The summed E-state index contributed by atoms with van der Waals surface area (Å²) < 4.78 is 5.20. The SMILES string of the molecule is O=C(O)C1CCN(c2nc(-c3cc(Cl)cc(Cl)c3)no2)C1. The second-order valence-electron chi connectivity index (χ2n) is 4.83. The maximum atomic E-state index is 11.0. The number of carboxylic acids is 1. The van der Waals surface area contributed by atoms with Crippen molar-refractivity contribution in [3.8, 4) is 11.4 Å². The van der Waals surface area contributed by atoms with Crippen LogP contribution < -0.4 is 4.90 Å². The van der Waals surface area contributed by atoms with Crippen molar-refractivity contribution in [2.45, 2.75) is 6.42 Å². The molecule has 1 aliphatic rings. The van der Waals surface area contributed by atoms with Crippen LogP contribution in [0, 0.1) is 5.92 Å². The highest BCUT2D eigenvalue weighted by molar-refractivity contribution is 6.35. The van der Waals surface area contributed by atoms with Crippen LogP contribution in [-0.4, -0.2) is 34.3 Å². The van der Waals surface area contributed by atoms with E-state index in [0.717, 1.165) is 0 Å². The average Bonchev–Trinajstić information content (AvgIpc) is 3.07. The Kier molecular flexibility index (Phi) is 3.73. The van der Waals surface area contributed by atoms with E-state index in [1.54, 1.807) is 23.1 Å². The fourth-order valence-electron chi connectivity index (χ4n) is 2.28. The van der Waals surface area contributed by atoms with Gasteiger partial charge in [-0.1, -0.05) is 28.4 Å². The summed E-state index contributed by atoms with van der Waals surface area (Å²) in [6.45, 7) is 0.947. The second-order valence-corrected chi connectivity index (χ2v) is 5.70. The van der Waals surface area contributed by atoms with E-state index in [-0.39, 0.29) is 0 Å². The van der Waals surface area contributed by atoms with Gasteiger partial charge in [0.2, 0.25) is 5.82 Å². The van der Waals surface area contributed by atoms with Crippen LogP contribution in [0.1, 0.15) is 6.42 Å². The molecule has 1 fully saturated rings. The number of halogens is 2. The van der Waals surface area contributed by atoms with Crippen molar-refractivity contribution < 1.29 is 14.4 Å². The predicted octanol–water partition coefficient (Wildman–Crippen LogP) is 2.95. The summed E-state index contributed by atoms with van der Waals surface area (Å²) in [7, 11) is 0. The van der Waals surface area contributed by atoms with Gasteiger partial charge in [0.1, 0.15) is 0 Å². The van der Waals surface area contributed by atoms with Gasteiger partial charge < -0.3 is 14.5 Å². The summed E-state index contributed by atoms with van der Waals surface area (Å²) >= 11 is 11.9. The number of aliphatic carboxylic acids is 1. The third-order valence-corrected chi connectivity index (χ3v) is 3.78. The number of carbonyl (C=O) groups is 1. The molecule has 1 aliphatic heterocycles. The molecular weight excluding hydrogens is 317 g/mol. The fourth-order valence-corrected chi connectivity index (χ4v) is 2.81. The zero-order valence-electron chi connectivity index (χ0n) is 10.8. The topological polar surface area (TPSA) is 79.5 Å². The molecule has 1 aromatic carbocycles. The van der Waals surface area contributed by atoms with Crippen molar-refractivity contribution in [1.29, 1.82) is 0 Å². The molecule has 0 radical (unpaired) electrons. The second kappa shape index (κ2) is 5.54. The van der Waals surface area contributed by atoms with Crippen LogP contribution in [0.5, 0.6) is 0 Å². The highest BCUT2D eigenvalue weighted by Crippen LogP contribution is 2.28. The molecular formula is C13H11Cl2N3O3. The summed E-state index contributed by atoms with van der Waals surface area (Å²) in [6, 6.07) is 5.30. The third-order valence-electron chi connectivity index (χ3n) is 3.34. The molecule has 21 heavy (non-hydrogen) atoms. The summed E-state index contributed by atoms with van der Waals surface area (Å²) in [5.74, 6) is -0.840. The van der Waals surface area contributed by atoms with E-state index in [1.807, 2.05) is 0 Å². The molecule has 8 heteroatoms. The molecule has 0 spiro atoms. The summed E-state index contributed by atoms with van der Waals surface area (Å²) in [5, 5.41) is 13.9. The Morgan fingerprint density at radius 2 is 2.05 bits per heavy atom. The van der Waals surface area contributed by atoms with E-state index in [9.17, 15) is 4.79 Å². The molecule has 0 saturated carbocycles. The minimum Gasteiger partial charge on any atom is -0.481 e. The molecule has 3 rings (SSSR count). The first-order valence-electron chi connectivity index (χ1n) is 6.31. The zero-order chi connectivity index (χ0) is 15.0. The van der Waals surface area contributed by atoms with Crippen LogP contribution in [0.15, 0.2) is 22.7 Å². The van der Waals surface area contributed by atoms with Gasteiger partial charge in [-0.2, -0.15) is 4.98 Å². The molecule has 2 heterocycles. The number of hydrogen-bond donors (Lipinski definition) is 1. The van der Waals surface area contributed by atoms with Crippen molar-refractivity contribution >= 4 is 35.2 Å². The maximum Gasteiger partial charge on any atom is 0.324 e. The Bertz CT molecular complexity index is 669. The van der Waals surface area contributed by atoms with Crippen molar-refractivity contribution in [2.24, 2.45) is 5.92 Å². The lowest BCUT2D eigenvalue weighted by Crippen LogP contribution is -2.22. The van der Waals surface area contributed by atoms with E-state index in [4.69, 9.17) is 32.8 Å². The monoisotopic (exact) mass is 327 g/mol. The molecule has 6 nitrogen and oxygen atoms in total. The number of aromatic nitrogens is 2. The number of rotatable bonds is 3. The highest BCUT2D eigenvalue weighted by Gasteiger charge is 2.31. The molecule has 0 aliphatic carbocycles. The van der Waals surface area contributed by atoms with Crippen molar-refractivity contribution in [2.75, 3.05) is 18.0 Å². The molecule has 1 atom stereocenters. The normalized spacial score (nSPS) is 18.2. The first-order chi connectivity index (χ1) is 10.0. The molecule has 1 unspecified atom stereocenters. The van der Waals surface area contributed by atoms with Gasteiger partial charge >= 0.3 is 12.0 Å². The lowest BCUT2D eigenvalue weighted by molar-refractivity contribution is -0.140. The van der Waals surface area contributed by atoms with Gasteiger partial charge in [0.25, 0.3) is 0 Å². The van der Waals surface area contributed by atoms with Crippen LogP contribution in [0.25, 0.3) is 11.4 Å². The van der Waals surface area contributed by atoms with Gasteiger partial charge in [-0.25, -0.2) is 0 Å². The highest BCUT2D eigenvalue weighted by atomic mass is 35.5. The lowest BCUT2D eigenvalue weighted by Gasteiger charge is -2.10. The Balaban J connectivity index is 1.82. The molecule has 0 bridgehead atoms. The number of hydrogen-bond acceptors (Lipinski definition) is 5. The van der Waals surface area contributed by atoms with Crippen LogP contribution in [0.2, 0.25) is 10.0 Å². The number of benzene rings is 1. The molecule has 1 aromatic heterocycles. The van der Waals surface area contributed by atoms with Crippen LogP contribution >= 0.6 is 23.2 Å². The molecule has 0 amide bonds. The smallest absolute Gasteiger partial charge is 0.324 e. The van der Waals surface area contributed by atoms with Crippen LogP contribution in [-0.2, 0) is 4.79 Å². The van der Waals surface area contributed by atoms with Crippen molar-refractivity contribution in [3.63, 3.8) is 0 Å². The number of anilines is 1. The molecule has 1 N–H and O–H groups in total. The minimum atomic E-state index is -0.807. The summed E-state index contributed by atoms with van der Waals surface area (Å²) in [6.07, 6.45) is 0.566. The molecule has 1 saturated heterocycles. The predicted molar refractivity (Wildman–Crippen MR) is 77.7 cm³/mol. The fraction of sp³-hybridized carbons (Fsp3) is 0.308. The lowest BCUT2D eigenvalue weighted by atomic mass is 10.1. The average molecular weight is 328 g/mol. The standard InChI is InChI=1S/C13H11Cl2N3O3/c14-9-3-8(4-10(15)5-9)11-16-13(21-17-11)18-2-1-7(6-18)12(19)20/h3-5,7H,1-2,6H2,(H,19,20). The first kappa shape index (κ1) is 14.2. The van der Waals surface area contributed by atoms with Crippen molar-refractivity contribution in [3.05, 3.63) is 28.2 Å². The van der Waals surface area contributed by atoms with E-state index in [1.165, 1.54) is 0 Å². The van der Waals surface area contributed by atoms with Crippen molar-refractivity contribution in [1.82, 2.24) is 10.1 Å². The number of nitrogens with zero attached hydrogens (tertiary/aromatic N) is 3. The Labute approximate surface area is 130 Å².